The molecule has 0 saturated heterocycles. The number of sulfonamides is 1. The van der Waals surface area contributed by atoms with Crippen LogP contribution in [0.4, 0.5) is 11.4 Å². The summed E-state index contributed by atoms with van der Waals surface area (Å²) in [5, 5.41) is 0.213. The number of hydrogen-bond acceptors (Lipinski definition) is 6. The van der Waals surface area contributed by atoms with Gasteiger partial charge in [0.15, 0.2) is 0 Å². The van der Waals surface area contributed by atoms with Crippen LogP contribution in [0, 0.1) is 0 Å². The van der Waals surface area contributed by atoms with Crippen LogP contribution in [0.1, 0.15) is 11.1 Å². The van der Waals surface area contributed by atoms with Gasteiger partial charge in [-0.2, -0.15) is 0 Å². The van der Waals surface area contributed by atoms with Gasteiger partial charge in [0.1, 0.15) is 6.35 Å². The van der Waals surface area contributed by atoms with Crippen molar-refractivity contribution >= 4 is 34.1 Å². The second-order valence-electron chi connectivity index (χ2n) is 7.04. The van der Waals surface area contributed by atoms with Gasteiger partial charge >= 0.3 is 0 Å². The fourth-order valence-electron chi connectivity index (χ4n) is 2.90. The SMILES string of the molecule is CS(=O)(=O)Nc1ccc(N)c(P(=O)(COCc2ccccc2)OCc2ccccc2)c1. The van der Waals surface area contributed by atoms with Crippen molar-refractivity contribution in [2.24, 2.45) is 0 Å². The lowest BCUT2D eigenvalue weighted by Crippen LogP contribution is -2.18. The summed E-state index contributed by atoms with van der Waals surface area (Å²) in [6.07, 6.45) is 0.832. The summed E-state index contributed by atoms with van der Waals surface area (Å²) in [5.41, 5.74) is 8.36. The van der Waals surface area contributed by atoms with Crippen LogP contribution >= 0.6 is 7.37 Å². The second kappa shape index (κ2) is 10.1. The van der Waals surface area contributed by atoms with Crippen molar-refractivity contribution in [1.82, 2.24) is 0 Å². The van der Waals surface area contributed by atoms with E-state index in [1.165, 1.54) is 18.2 Å². The standard InChI is InChI=1S/C22H25N2O5PS/c1-31(26,27)24-20-12-13-21(23)22(14-20)30(25,29-16-19-10-6-3-7-11-19)17-28-15-18-8-4-2-5-9-18/h2-14,24H,15-17,23H2,1H3. The number of nitrogen functional groups attached to an aromatic ring is 1. The van der Waals surface area contributed by atoms with Crippen molar-refractivity contribution in [3.63, 3.8) is 0 Å². The van der Waals surface area contributed by atoms with Gasteiger partial charge in [-0.25, -0.2) is 8.42 Å². The van der Waals surface area contributed by atoms with E-state index in [-0.39, 0.29) is 36.2 Å². The monoisotopic (exact) mass is 460 g/mol. The Morgan fingerprint density at radius 2 is 1.48 bits per heavy atom. The minimum Gasteiger partial charge on any atom is -0.398 e. The lowest BCUT2D eigenvalue weighted by Gasteiger charge is -2.21. The number of nitrogens with two attached hydrogens (primary N) is 1. The van der Waals surface area contributed by atoms with Gasteiger partial charge in [0.2, 0.25) is 10.0 Å². The van der Waals surface area contributed by atoms with Crippen LogP contribution in [0.2, 0.25) is 0 Å². The van der Waals surface area contributed by atoms with E-state index in [0.717, 1.165) is 17.4 Å². The molecule has 0 aliphatic carbocycles. The third-order valence-corrected chi connectivity index (χ3v) is 7.15. The summed E-state index contributed by atoms with van der Waals surface area (Å²) < 4.78 is 51.1. The fraction of sp³-hybridized carbons (Fsp3) is 0.182. The molecular formula is C22H25N2O5PS. The zero-order valence-electron chi connectivity index (χ0n) is 17.1. The first-order valence-electron chi connectivity index (χ1n) is 9.52. The van der Waals surface area contributed by atoms with Gasteiger partial charge in [0.25, 0.3) is 7.37 Å². The molecule has 3 N–H and O–H groups in total. The van der Waals surface area contributed by atoms with Gasteiger partial charge in [-0.15, -0.1) is 0 Å². The molecule has 1 atom stereocenters. The molecule has 0 aromatic heterocycles. The molecule has 3 aromatic carbocycles. The molecule has 3 aromatic rings. The van der Waals surface area contributed by atoms with Crippen LogP contribution in [-0.2, 0) is 37.1 Å². The molecule has 1 unspecified atom stereocenters. The topological polar surface area (TPSA) is 108 Å². The molecule has 7 nitrogen and oxygen atoms in total. The molecular weight excluding hydrogens is 435 g/mol. The molecule has 0 heterocycles. The molecule has 0 saturated carbocycles. The van der Waals surface area contributed by atoms with E-state index in [4.69, 9.17) is 15.0 Å². The van der Waals surface area contributed by atoms with Crippen molar-refractivity contribution in [3.8, 4) is 0 Å². The van der Waals surface area contributed by atoms with Crippen molar-refractivity contribution in [3.05, 3.63) is 90.0 Å². The minimum atomic E-state index is -3.59. The largest absolute Gasteiger partial charge is 0.398 e. The number of rotatable bonds is 10. The Morgan fingerprint density at radius 3 is 2.06 bits per heavy atom. The maximum atomic E-state index is 13.9. The molecule has 0 aliphatic rings. The number of nitrogens with one attached hydrogen (secondary N) is 1. The van der Waals surface area contributed by atoms with Gasteiger partial charge in [-0.3, -0.25) is 9.29 Å². The predicted octanol–water partition coefficient (Wildman–Crippen LogP) is 3.93. The first-order valence-corrected chi connectivity index (χ1v) is 13.2. The van der Waals surface area contributed by atoms with E-state index in [9.17, 15) is 13.0 Å². The number of anilines is 2. The smallest absolute Gasteiger partial charge is 0.259 e. The predicted molar refractivity (Wildman–Crippen MR) is 124 cm³/mol. The van der Waals surface area contributed by atoms with Gasteiger partial charge in [0.05, 0.1) is 24.8 Å². The molecule has 0 amide bonds. The Bertz CT molecular complexity index is 1160. The number of hydrogen-bond donors (Lipinski definition) is 2. The minimum absolute atomic E-state index is 0.0932. The van der Waals surface area contributed by atoms with Crippen LogP contribution in [0.25, 0.3) is 0 Å². The van der Waals surface area contributed by atoms with Crippen molar-refractivity contribution < 1.29 is 22.2 Å². The van der Waals surface area contributed by atoms with Crippen molar-refractivity contribution in [1.29, 1.82) is 0 Å². The third-order valence-electron chi connectivity index (χ3n) is 4.36. The highest BCUT2D eigenvalue weighted by Gasteiger charge is 2.30. The second-order valence-corrected chi connectivity index (χ2v) is 11.1. The molecule has 3 rings (SSSR count). The highest BCUT2D eigenvalue weighted by Crippen LogP contribution is 2.48. The van der Waals surface area contributed by atoms with E-state index < -0.39 is 17.4 Å². The third kappa shape index (κ3) is 6.94. The molecule has 0 bridgehead atoms. The van der Waals surface area contributed by atoms with Gasteiger partial charge in [-0.1, -0.05) is 60.7 Å². The van der Waals surface area contributed by atoms with Gasteiger partial charge in [0, 0.05) is 11.4 Å². The Kier molecular flexibility index (Phi) is 7.51. The van der Waals surface area contributed by atoms with Crippen LogP contribution < -0.4 is 15.8 Å². The van der Waals surface area contributed by atoms with Crippen LogP contribution in [0.15, 0.2) is 78.9 Å². The number of ether oxygens (including phenoxy) is 1. The first kappa shape index (κ1) is 23.0. The van der Waals surface area contributed by atoms with Crippen molar-refractivity contribution in [2.75, 3.05) is 23.1 Å². The van der Waals surface area contributed by atoms with Crippen LogP contribution in [0.5, 0.6) is 0 Å². The molecule has 0 aliphatic heterocycles. The molecule has 0 fully saturated rings. The summed E-state index contributed by atoms with van der Waals surface area (Å²) >= 11 is 0. The average molecular weight is 460 g/mol. The maximum absolute atomic E-state index is 13.9. The molecule has 0 spiro atoms. The molecule has 31 heavy (non-hydrogen) atoms. The zero-order chi connectivity index (χ0) is 22.3. The first-order chi connectivity index (χ1) is 14.8. The van der Waals surface area contributed by atoms with Gasteiger partial charge in [-0.05, 0) is 29.3 Å². The molecule has 0 radical (unpaired) electrons. The fourth-order valence-corrected chi connectivity index (χ4v) is 5.30. The van der Waals surface area contributed by atoms with Crippen LogP contribution in [0.3, 0.4) is 0 Å². The van der Waals surface area contributed by atoms with Gasteiger partial charge < -0.3 is 15.0 Å². The lowest BCUT2D eigenvalue weighted by molar-refractivity contribution is 0.149. The van der Waals surface area contributed by atoms with E-state index in [1.807, 2.05) is 60.7 Å². The summed E-state index contributed by atoms with van der Waals surface area (Å²) in [6.45, 7) is 0.344. The highest BCUT2D eigenvalue weighted by atomic mass is 32.2. The molecule has 164 valence electrons. The van der Waals surface area contributed by atoms with Crippen molar-refractivity contribution in [2.45, 2.75) is 13.2 Å². The highest BCUT2D eigenvalue weighted by molar-refractivity contribution is 7.92. The zero-order valence-corrected chi connectivity index (χ0v) is 18.8. The Labute approximate surface area is 182 Å². The number of benzene rings is 3. The Balaban J connectivity index is 1.86. The van der Waals surface area contributed by atoms with E-state index in [1.54, 1.807) is 0 Å². The lowest BCUT2D eigenvalue weighted by atomic mass is 10.2. The Morgan fingerprint density at radius 1 is 0.903 bits per heavy atom. The Hall–Kier alpha value is -2.64. The van der Waals surface area contributed by atoms with Crippen LogP contribution in [-0.4, -0.2) is 21.0 Å². The summed E-state index contributed by atoms with van der Waals surface area (Å²) in [4.78, 5) is 0. The van der Waals surface area contributed by atoms with E-state index >= 15 is 0 Å². The normalized spacial score (nSPS) is 13.5. The maximum Gasteiger partial charge on any atom is 0.259 e. The quantitative estimate of drug-likeness (QED) is 0.351. The van der Waals surface area contributed by atoms with E-state index in [2.05, 4.69) is 4.72 Å². The molecule has 9 heteroatoms. The summed E-state index contributed by atoms with van der Waals surface area (Å²) in [5.74, 6) is 0. The average Bonchev–Trinajstić information content (AvgIpc) is 2.74. The summed E-state index contributed by atoms with van der Waals surface area (Å²) in [6, 6.07) is 23.3. The van der Waals surface area contributed by atoms with E-state index in [0.29, 0.717) is 0 Å². The summed E-state index contributed by atoms with van der Waals surface area (Å²) in [7, 11) is -7.10.